The number of amides is 2. The largest absolute Gasteiger partial charge is 0.337 e. The van der Waals surface area contributed by atoms with Gasteiger partial charge in [-0.2, -0.15) is 0 Å². The molecule has 1 aromatic rings. The van der Waals surface area contributed by atoms with Gasteiger partial charge in [0.05, 0.1) is 0 Å². The Morgan fingerprint density at radius 2 is 2.07 bits per heavy atom. The Morgan fingerprint density at radius 3 is 2.71 bits per heavy atom. The van der Waals surface area contributed by atoms with Crippen molar-refractivity contribution < 1.29 is 4.79 Å². The summed E-state index contributed by atoms with van der Waals surface area (Å²) in [6.07, 6.45) is 3.38. The van der Waals surface area contributed by atoms with Crippen LogP contribution in [0.4, 0.5) is 4.79 Å². The van der Waals surface area contributed by atoms with E-state index in [4.69, 9.17) is 11.6 Å². The maximum atomic E-state index is 11.1. The van der Waals surface area contributed by atoms with Crippen LogP contribution < -0.4 is 10.6 Å². The molecule has 0 aliphatic heterocycles. The monoisotopic (exact) mass is 213 g/mol. The number of aromatic nitrogens is 1. The van der Waals surface area contributed by atoms with Crippen molar-refractivity contribution in [1.29, 1.82) is 0 Å². The van der Waals surface area contributed by atoms with E-state index >= 15 is 0 Å². The molecular formula is C9H12ClN3O. The molecule has 5 heteroatoms. The van der Waals surface area contributed by atoms with Gasteiger partial charge in [0.1, 0.15) is 0 Å². The molecule has 0 spiro atoms. The molecule has 0 fully saturated rings. The zero-order chi connectivity index (χ0) is 10.2. The molecule has 0 saturated heterocycles. The highest BCUT2D eigenvalue weighted by atomic mass is 35.5. The van der Waals surface area contributed by atoms with Crippen molar-refractivity contribution in [2.24, 2.45) is 0 Å². The first kappa shape index (κ1) is 10.8. The second-order valence-electron chi connectivity index (χ2n) is 2.65. The molecule has 2 amide bonds. The summed E-state index contributed by atoms with van der Waals surface area (Å²) < 4.78 is 0. The third-order valence-electron chi connectivity index (χ3n) is 1.58. The normalized spacial score (nSPS) is 9.50. The van der Waals surface area contributed by atoms with Gasteiger partial charge in [0.15, 0.2) is 0 Å². The van der Waals surface area contributed by atoms with E-state index in [1.807, 2.05) is 12.1 Å². The molecule has 0 aliphatic carbocycles. The molecule has 14 heavy (non-hydrogen) atoms. The van der Waals surface area contributed by atoms with E-state index in [9.17, 15) is 4.79 Å². The molecule has 0 unspecified atom stereocenters. The maximum Gasteiger partial charge on any atom is 0.315 e. The van der Waals surface area contributed by atoms with E-state index in [-0.39, 0.29) is 6.03 Å². The topological polar surface area (TPSA) is 54.0 Å². The third kappa shape index (κ3) is 4.09. The molecule has 1 heterocycles. The number of rotatable bonds is 4. The van der Waals surface area contributed by atoms with Crippen LogP contribution in [-0.2, 0) is 6.54 Å². The minimum absolute atomic E-state index is 0.206. The van der Waals surface area contributed by atoms with Crippen LogP contribution in [0.25, 0.3) is 0 Å². The van der Waals surface area contributed by atoms with Crippen molar-refractivity contribution in [2.75, 3.05) is 12.4 Å². The predicted octanol–water partition coefficient (Wildman–Crippen LogP) is 1.12. The second kappa shape index (κ2) is 6.21. The Labute approximate surface area is 87.7 Å². The lowest BCUT2D eigenvalue weighted by atomic mass is 10.3. The summed E-state index contributed by atoms with van der Waals surface area (Å²) in [5, 5.41) is 5.30. The van der Waals surface area contributed by atoms with Crippen molar-refractivity contribution >= 4 is 17.6 Å². The molecule has 76 valence electrons. The second-order valence-corrected chi connectivity index (χ2v) is 3.03. The number of pyridine rings is 1. The van der Waals surface area contributed by atoms with Gasteiger partial charge in [-0.3, -0.25) is 4.98 Å². The number of carbonyl (C=O) groups is 1. The SMILES string of the molecule is O=C(NCCCl)NCc1ccncc1. The Morgan fingerprint density at radius 1 is 1.36 bits per heavy atom. The Bertz CT molecular complexity index is 279. The van der Waals surface area contributed by atoms with Crippen LogP contribution in [0, 0.1) is 0 Å². The van der Waals surface area contributed by atoms with Gasteiger partial charge < -0.3 is 10.6 Å². The average Bonchev–Trinajstić information content (AvgIpc) is 2.25. The fourth-order valence-electron chi connectivity index (χ4n) is 0.906. The summed E-state index contributed by atoms with van der Waals surface area (Å²) in [5.41, 5.74) is 1.01. The third-order valence-corrected chi connectivity index (χ3v) is 1.77. The van der Waals surface area contributed by atoms with Gasteiger partial charge in [0, 0.05) is 31.4 Å². The lowest BCUT2D eigenvalue weighted by molar-refractivity contribution is 0.241. The van der Waals surface area contributed by atoms with Crippen LogP contribution >= 0.6 is 11.6 Å². The molecule has 4 nitrogen and oxygen atoms in total. The maximum absolute atomic E-state index is 11.1. The number of carbonyl (C=O) groups excluding carboxylic acids is 1. The van der Waals surface area contributed by atoms with Crippen molar-refractivity contribution in [3.63, 3.8) is 0 Å². The van der Waals surface area contributed by atoms with E-state index in [2.05, 4.69) is 15.6 Å². The first-order chi connectivity index (χ1) is 6.83. The standard InChI is InChI=1S/C9H12ClN3O/c10-3-6-12-9(14)13-7-8-1-4-11-5-2-8/h1-2,4-5H,3,6-7H2,(H2,12,13,14). The number of urea groups is 1. The molecule has 1 aromatic heterocycles. The number of alkyl halides is 1. The summed E-state index contributed by atoms with van der Waals surface area (Å²) >= 11 is 5.41. The van der Waals surface area contributed by atoms with Crippen LogP contribution in [0.15, 0.2) is 24.5 Å². The van der Waals surface area contributed by atoms with Gasteiger partial charge in [-0.15, -0.1) is 11.6 Å². The molecule has 0 aromatic carbocycles. The van der Waals surface area contributed by atoms with Crippen LogP contribution in [0.5, 0.6) is 0 Å². The smallest absolute Gasteiger partial charge is 0.315 e. The summed E-state index contributed by atoms with van der Waals surface area (Å²) in [4.78, 5) is 15.0. The first-order valence-electron chi connectivity index (χ1n) is 4.29. The Kier molecular flexibility index (Phi) is 4.78. The fourth-order valence-corrected chi connectivity index (χ4v) is 1.00. The summed E-state index contributed by atoms with van der Waals surface area (Å²) in [5.74, 6) is 0.419. The lowest BCUT2D eigenvalue weighted by Gasteiger charge is -2.05. The molecule has 0 bridgehead atoms. The summed E-state index contributed by atoms with van der Waals surface area (Å²) in [6.45, 7) is 0.973. The van der Waals surface area contributed by atoms with Gasteiger partial charge in [-0.25, -0.2) is 4.79 Å². The molecule has 0 saturated carbocycles. The Balaban J connectivity index is 2.24. The number of nitrogens with zero attached hydrogens (tertiary/aromatic N) is 1. The summed E-state index contributed by atoms with van der Waals surface area (Å²) in [7, 11) is 0. The van der Waals surface area contributed by atoms with Gasteiger partial charge in [-0.1, -0.05) is 0 Å². The van der Waals surface area contributed by atoms with Gasteiger partial charge in [0.25, 0.3) is 0 Å². The van der Waals surface area contributed by atoms with Gasteiger partial charge in [0.2, 0.25) is 0 Å². The number of hydrogen-bond donors (Lipinski definition) is 2. The molecule has 2 N–H and O–H groups in total. The van der Waals surface area contributed by atoms with Crippen molar-refractivity contribution in [2.45, 2.75) is 6.54 Å². The number of hydrogen-bond acceptors (Lipinski definition) is 2. The Hall–Kier alpha value is -1.29. The van der Waals surface area contributed by atoms with E-state index in [1.54, 1.807) is 12.4 Å². The van der Waals surface area contributed by atoms with Crippen LogP contribution in [0.3, 0.4) is 0 Å². The lowest BCUT2D eigenvalue weighted by Crippen LogP contribution is -2.36. The minimum Gasteiger partial charge on any atom is -0.337 e. The van der Waals surface area contributed by atoms with Crippen LogP contribution in [-0.4, -0.2) is 23.4 Å². The van der Waals surface area contributed by atoms with E-state index < -0.39 is 0 Å². The van der Waals surface area contributed by atoms with Crippen LogP contribution in [0.1, 0.15) is 5.56 Å². The van der Waals surface area contributed by atoms with Crippen LogP contribution in [0.2, 0.25) is 0 Å². The highest BCUT2D eigenvalue weighted by molar-refractivity contribution is 6.18. The van der Waals surface area contributed by atoms with Crippen molar-refractivity contribution in [3.05, 3.63) is 30.1 Å². The average molecular weight is 214 g/mol. The highest BCUT2D eigenvalue weighted by Gasteiger charge is 1.97. The molecule has 1 rings (SSSR count). The molecule has 0 radical (unpaired) electrons. The fraction of sp³-hybridized carbons (Fsp3) is 0.333. The molecule has 0 aliphatic rings. The predicted molar refractivity (Wildman–Crippen MR) is 55.2 cm³/mol. The van der Waals surface area contributed by atoms with E-state index in [0.29, 0.717) is 19.0 Å². The van der Waals surface area contributed by atoms with Crippen molar-refractivity contribution in [1.82, 2.24) is 15.6 Å². The summed E-state index contributed by atoms with van der Waals surface area (Å²) in [6, 6.07) is 3.49. The van der Waals surface area contributed by atoms with E-state index in [1.165, 1.54) is 0 Å². The van der Waals surface area contributed by atoms with E-state index in [0.717, 1.165) is 5.56 Å². The zero-order valence-corrected chi connectivity index (χ0v) is 8.42. The number of halogens is 1. The quantitative estimate of drug-likeness (QED) is 0.737. The first-order valence-corrected chi connectivity index (χ1v) is 4.83. The number of nitrogens with one attached hydrogen (secondary N) is 2. The highest BCUT2D eigenvalue weighted by Crippen LogP contribution is 1.94. The molecular weight excluding hydrogens is 202 g/mol. The van der Waals surface area contributed by atoms with Gasteiger partial charge >= 0.3 is 6.03 Å². The minimum atomic E-state index is -0.206. The zero-order valence-electron chi connectivity index (χ0n) is 7.66. The molecule has 0 atom stereocenters. The van der Waals surface area contributed by atoms with Crippen molar-refractivity contribution in [3.8, 4) is 0 Å². The van der Waals surface area contributed by atoms with Gasteiger partial charge in [-0.05, 0) is 17.7 Å².